The van der Waals surface area contributed by atoms with Gasteiger partial charge in [-0.2, -0.15) is 0 Å². The van der Waals surface area contributed by atoms with Crippen LogP contribution in [0.4, 0.5) is 10.5 Å². The number of aromatic nitrogens is 1. The van der Waals surface area contributed by atoms with Crippen molar-refractivity contribution in [3.8, 4) is 0 Å². The van der Waals surface area contributed by atoms with Crippen molar-refractivity contribution in [1.82, 2.24) is 10.3 Å². The molecule has 2 unspecified atom stereocenters. The van der Waals surface area contributed by atoms with Gasteiger partial charge in [0.25, 0.3) is 0 Å². The van der Waals surface area contributed by atoms with Crippen LogP contribution in [0.25, 0.3) is 10.9 Å². The molecular formula is C19H22BrCl2N3O2. The molecule has 2 atom stereocenters. The van der Waals surface area contributed by atoms with Gasteiger partial charge in [0.1, 0.15) is 11.1 Å². The third kappa shape index (κ3) is 4.98. The minimum Gasteiger partial charge on any atom is -0.444 e. The van der Waals surface area contributed by atoms with E-state index >= 15 is 0 Å². The minimum absolute atomic E-state index is 0.0442. The van der Waals surface area contributed by atoms with Crippen LogP contribution in [0.5, 0.6) is 0 Å². The molecule has 1 fully saturated rings. The second-order valence-corrected chi connectivity index (χ2v) is 9.44. The molecule has 1 aromatic heterocycles. The maximum atomic E-state index is 12.0. The van der Waals surface area contributed by atoms with E-state index < -0.39 is 11.7 Å². The predicted octanol–water partition coefficient (Wildman–Crippen LogP) is 5.71. The smallest absolute Gasteiger partial charge is 0.407 e. The average molecular weight is 475 g/mol. The van der Waals surface area contributed by atoms with Gasteiger partial charge < -0.3 is 15.0 Å². The van der Waals surface area contributed by atoms with Crippen molar-refractivity contribution >= 4 is 61.8 Å². The number of rotatable bonds is 2. The summed E-state index contributed by atoms with van der Waals surface area (Å²) in [5.41, 5.74) is 0.900. The van der Waals surface area contributed by atoms with E-state index in [2.05, 4.69) is 31.1 Å². The predicted molar refractivity (Wildman–Crippen MR) is 114 cm³/mol. The summed E-state index contributed by atoms with van der Waals surface area (Å²) in [5, 5.41) is 4.42. The lowest BCUT2D eigenvalue weighted by Crippen LogP contribution is -2.49. The Kier molecular flexibility index (Phi) is 6.08. The van der Waals surface area contributed by atoms with Crippen molar-refractivity contribution in [3.05, 3.63) is 33.9 Å². The Balaban J connectivity index is 1.78. The Labute approximate surface area is 177 Å². The van der Waals surface area contributed by atoms with E-state index in [1.54, 1.807) is 6.20 Å². The highest BCUT2D eigenvalue weighted by molar-refractivity contribution is 9.10. The Hall–Kier alpha value is -1.24. The molecule has 0 saturated carbocycles. The molecule has 2 heterocycles. The first-order chi connectivity index (χ1) is 12.6. The zero-order valence-corrected chi connectivity index (χ0v) is 18.5. The number of halogens is 3. The van der Waals surface area contributed by atoms with Crippen molar-refractivity contribution in [1.29, 1.82) is 0 Å². The maximum Gasteiger partial charge on any atom is 0.407 e. The van der Waals surface area contributed by atoms with E-state index in [0.29, 0.717) is 18.0 Å². The second-order valence-electron chi connectivity index (χ2n) is 7.61. The number of amides is 1. The fraction of sp³-hybridized carbons (Fsp3) is 0.474. The van der Waals surface area contributed by atoms with E-state index in [0.717, 1.165) is 27.5 Å². The molecule has 8 heteroatoms. The first-order valence-electron chi connectivity index (χ1n) is 8.78. The number of hydrogen-bond acceptors (Lipinski definition) is 4. The summed E-state index contributed by atoms with van der Waals surface area (Å²) in [6.07, 6.45) is 2.58. The monoisotopic (exact) mass is 473 g/mol. The molecule has 5 nitrogen and oxygen atoms in total. The normalized spacial score (nSPS) is 20.6. The lowest BCUT2D eigenvalue weighted by Gasteiger charge is -2.39. The van der Waals surface area contributed by atoms with Crippen LogP contribution in [-0.4, -0.2) is 34.8 Å². The van der Waals surface area contributed by atoms with E-state index in [1.807, 2.05) is 39.0 Å². The van der Waals surface area contributed by atoms with E-state index in [4.69, 9.17) is 27.9 Å². The lowest BCUT2D eigenvalue weighted by molar-refractivity contribution is 0.0496. The lowest BCUT2D eigenvalue weighted by atomic mass is 10.0. The summed E-state index contributed by atoms with van der Waals surface area (Å²) in [5.74, 6) is 0. The molecule has 1 saturated heterocycles. The van der Waals surface area contributed by atoms with Crippen LogP contribution in [0.1, 0.15) is 33.6 Å². The van der Waals surface area contributed by atoms with Gasteiger partial charge in [0.05, 0.1) is 16.2 Å². The second kappa shape index (κ2) is 8.02. The number of piperidine rings is 1. The Morgan fingerprint density at radius 3 is 2.81 bits per heavy atom. The number of alkyl carbamates (subject to hydrolysis) is 1. The highest BCUT2D eigenvalue weighted by atomic mass is 79.9. The molecular weight excluding hydrogens is 453 g/mol. The Morgan fingerprint density at radius 2 is 2.15 bits per heavy atom. The number of benzene rings is 1. The summed E-state index contributed by atoms with van der Waals surface area (Å²) in [7, 11) is 0. The molecule has 0 bridgehead atoms. The summed E-state index contributed by atoms with van der Waals surface area (Å²) >= 11 is 16.7. The molecule has 146 valence electrons. The Bertz CT molecular complexity index is 851. The highest BCUT2D eigenvalue weighted by Crippen LogP contribution is 2.38. The van der Waals surface area contributed by atoms with Crippen molar-refractivity contribution in [2.75, 3.05) is 11.4 Å². The first kappa shape index (κ1) is 20.5. The summed E-state index contributed by atoms with van der Waals surface area (Å²) in [6, 6.07) is 5.84. The number of nitrogens with one attached hydrogen (secondary N) is 1. The molecule has 0 radical (unpaired) electrons. The molecule has 1 aliphatic rings. The van der Waals surface area contributed by atoms with Crippen molar-refractivity contribution in [2.45, 2.75) is 50.8 Å². The van der Waals surface area contributed by atoms with Gasteiger partial charge in [0, 0.05) is 35.1 Å². The third-order valence-electron chi connectivity index (χ3n) is 4.30. The zero-order chi connectivity index (χ0) is 19.8. The van der Waals surface area contributed by atoms with E-state index in [1.165, 1.54) is 0 Å². The molecule has 1 amide bonds. The number of alkyl halides is 1. The van der Waals surface area contributed by atoms with Crippen LogP contribution in [-0.2, 0) is 4.74 Å². The molecule has 27 heavy (non-hydrogen) atoms. The number of anilines is 1. The van der Waals surface area contributed by atoms with Crippen LogP contribution in [0, 0.1) is 0 Å². The number of hydrogen-bond donors (Lipinski definition) is 1. The van der Waals surface area contributed by atoms with Gasteiger partial charge in [-0.1, -0.05) is 39.1 Å². The van der Waals surface area contributed by atoms with Crippen molar-refractivity contribution < 1.29 is 9.53 Å². The Morgan fingerprint density at radius 1 is 1.41 bits per heavy atom. The third-order valence-corrected chi connectivity index (χ3v) is 5.48. The average Bonchev–Trinajstić information content (AvgIpc) is 2.54. The topological polar surface area (TPSA) is 54.5 Å². The number of nitrogens with zero attached hydrogens (tertiary/aromatic N) is 2. The molecule has 3 rings (SSSR count). The van der Waals surface area contributed by atoms with Crippen LogP contribution < -0.4 is 10.2 Å². The number of ether oxygens (including phenoxy) is 1. The van der Waals surface area contributed by atoms with Gasteiger partial charge in [-0.25, -0.2) is 4.79 Å². The molecule has 1 N–H and O–H groups in total. The maximum absolute atomic E-state index is 12.0. The number of carbonyl (C=O) groups excluding carboxylic acids is 1. The van der Waals surface area contributed by atoms with Crippen molar-refractivity contribution in [3.63, 3.8) is 0 Å². The number of fused-ring (bicyclic) bond motifs is 1. The van der Waals surface area contributed by atoms with E-state index in [9.17, 15) is 4.79 Å². The molecule has 0 aliphatic carbocycles. The standard InChI is InChI=1S/C19H22BrCl2N3O2/c1-19(2,3)27-18(26)24-12-6-7-25(16(22)9-12)17-13-8-11(20)4-5-15(13)23-10-14(17)21/h4-5,8,10,12,16H,6-7,9H2,1-3H3,(H,24,26). The van der Waals surface area contributed by atoms with Crippen LogP contribution in [0.15, 0.2) is 28.9 Å². The highest BCUT2D eigenvalue weighted by Gasteiger charge is 2.31. The SMILES string of the molecule is CC(C)(C)OC(=O)NC1CCN(c2c(Cl)cnc3ccc(Br)cc23)C(Cl)C1. The zero-order valence-electron chi connectivity index (χ0n) is 15.4. The summed E-state index contributed by atoms with van der Waals surface area (Å²) in [4.78, 5) is 18.5. The van der Waals surface area contributed by atoms with E-state index in [-0.39, 0.29) is 11.5 Å². The van der Waals surface area contributed by atoms with Gasteiger partial charge >= 0.3 is 6.09 Å². The minimum atomic E-state index is -0.526. The van der Waals surface area contributed by atoms with Crippen LogP contribution in [0.2, 0.25) is 5.02 Å². The van der Waals surface area contributed by atoms with Gasteiger partial charge in [-0.15, -0.1) is 0 Å². The number of pyridine rings is 1. The fourth-order valence-electron chi connectivity index (χ4n) is 3.19. The fourth-order valence-corrected chi connectivity index (χ4v) is 4.22. The van der Waals surface area contributed by atoms with Gasteiger partial charge in [-0.05, 0) is 45.4 Å². The van der Waals surface area contributed by atoms with Gasteiger partial charge in [-0.3, -0.25) is 4.98 Å². The molecule has 2 aromatic rings. The van der Waals surface area contributed by atoms with Gasteiger partial charge in [0.15, 0.2) is 0 Å². The van der Waals surface area contributed by atoms with Crippen molar-refractivity contribution in [2.24, 2.45) is 0 Å². The molecule has 1 aromatic carbocycles. The summed E-state index contributed by atoms with van der Waals surface area (Å²) < 4.78 is 6.29. The molecule has 1 aliphatic heterocycles. The molecule has 0 spiro atoms. The van der Waals surface area contributed by atoms with Gasteiger partial charge in [0.2, 0.25) is 0 Å². The first-order valence-corrected chi connectivity index (χ1v) is 10.4. The summed E-state index contributed by atoms with van der Waals surface area (Å²) in [6.45, 7) is 6.19. The quantitative estimate of drug-likeness (QED) is 0.447. The van der Waals surface area contributed by atoms with Crippen LogP contribution in [0.3, 0.4) is 0 Å². The van der Waals surface area contributed by atoms with Crippen LogP contribution >= 0.6 is 39.1 Å². The number of carbonyl (C=O) groups is 1. The largest absolute Gasteiger partial charge is 0.444 e.